The highest BCUT2D eigenvalue weighted by molar-refractivity contribution is 7.89. The summed E-state index contributed by atoms with van der Waals surface area (Å²) in [7, 11) is -1.90. The number of sulfonamides is 1. The molecule has 1 heterocycles. The fourth-order valence-electron chi connectivity index (χ4n) is 5.71. The average molecular weight is 592 g/mol. The summed E-state index contributed by atoms with van der Waals surface area (Å²) in [6.07, 6.45) is 3.26. The van der Waals surface area contributed by atoms with E-state index in [-0.39, 0.29) is 30.7 Å². The molecule has 226 valence electrons. The van der Waals surface area contributed by atoms with E-state index < -0.39 is 10.0 Å². The normalized spacial score (nSPS) is 16.2. The van der Waals surface area contributed by atoms with Crippen LogP contribution in [0.25, 0.3) is 0 Å². The highest BCUT2D eigenvalue weighted by Gasteiger charge is 2.32. The summed E-state index contributed by atoms with van der Waals surface area (Å²) >= 11 is 0. The van der Waals surface area contributed by atoms with Gasteiger partial charge in [-0.25, -0.2) is 17.5 Å². The van der Waals surface area contributed by atoms with Crippen LogP contribution < -0.4 is 0 Å². The number of piperidine rings is 1. The molecule has 3 aromatic rings. The minimum Gasteiger partial charge on any atom is -0.445 e. The summed E-state index contributed by atoms with van der Waals surface area (Å²) in [6.45, 7) is 7.55. The number of likely N-dealkylation sites (N-methyl/N-ethyl adjacent to an activating group) is 1. The Morgan fingerprint density at radius 3 is 2.10 bits per heavy atom. The average Bonchev–Trinajstić information content (AvgIpc) is 3.03. The molecule has 7 nitrogen and oxygen atoms in total. The van der Waals surface area contributed by atoms with Crippen molar-refractivity contribution in [1.82, 2.24) is 14.1 Å². The molecule has 1 saturated heterocycles. The van der Waals surface area contributed by atoms with Crippen LogP contribution in [0.1, 0.15) is 56.6 Å². The predicted molar refractivity (Wildman–Crippen MR) is 168 cm³/mol. The van der Waals surface area contributed by atoms with Crippen LogP contribution in [-0.2, 0) is 21.4 Å². The Morgan fingerprint density at radius 2 is 1.50 bits per heavy atom. The number of benzene rings is 3. The molecule has 42 heavy (non-hydrogen) atoms. The Bertz CT molecular complexity index is 1330. The van der Waals surface area contributed by atoms with Crippen molar-refractivity contribution >= 4 is 16.1 Å². The van der Waals surface area contributed by atoms with E-state index in [9.17, 15) is 13.2 Å². The summed E-state index contributed by atoms with van der Waals surface area (Å²) in [6, 6.07) is 28.9. The zero-order valence-electron chi connectivity index (χ0n) is 25.1. The number of hydrogen-bond donors (Lipinski definition) is 0. The second-order valence-electron chi connectivity index (χ2n) is 11.3. The van der Waals surface area contributed by atoms with E-state index in [1.807, 2.05) is 59.5 Å². The minimum absolute atomic E-state index is 0.0667. The Kier molecular flexibility index (Phi) is 11.6. The van der Waals surface area contributed by atoms with Gasteiger partial charge in [0.15, 0.2) is 0 Å². The lowest BCUT2D eigenvalue weighted by Gasteiger charge is -2.41. The maximum atomic E-state index is 13.2. The van der Waals surface area contributed by atoms with Crippen LogP contribution in [0.2, 0.25) is 0 Å². The molecule has 0 radical (unpaired) electrons. The van der Waals surface area contributed by atoms with E-state index in [1.165, 1.54) is 4.31 Å². The molecular formula is C34H45N3O4S. The SMILES string of the molecule is CCC(C)N(C(=O)OCc1ccccc1)C1CCN(CCC(CN(C)S(=O)(=O)c2ccccc2)c2ccccc2)CC1. The maximum Gasteiger partial charge on any atom is 0.410 e. The molecule has 8 heteroatoms. The minimum atomic E-state index is -3.57. The van der Waals surface area contributed by atoms with Crippen molar-refractivity contribution in [2.75, 3.05) is 33.2 Å². The number of carbonyl (C=O) groups is 1. The first-order chi connectivity index (χ1) is 20.3. The molecule has 0 spiro atoms. The van der Waals surface area contributed by atoms with Crippen LogP contribution in [0.5, 0.6) is 0 Å². The van der Waals surface area contributed by atoms with Crippen molar-refractivity contribution in [3.63, 3.8) is 0 Å². The number of ether oxygens (including phenoxy) is 1. The molecule has 0 N–H and O–H groups in total. The first-order valence-electron chi connectivity index (χ1n) is 15.1. The van der Waals surface area contributed by atoms with Gasteiger partial charge in [0.1, 0.15) is 6.61 Å². The molecule has 1 amide bonds. The molecule has 0 bridgehead atoms. The first kappa shape index (κ1) is 31.7. The molecule has 4 rings (SSSR count). The third-order valence-corrected chi connectivity index (χ3v) is 10.3. The van der Waals surface area contributed by atoms with E-state index in [2.05, 4.69) is 30.9 Å². The van der Waals surface area contributed by atoms with Gasteiger partial charge in [0.05, 0.1) is 4.90 Å². The molecule has 0 aromatic heterocycles. The van der Waals surface area contributed by atoms with E-state index in [0.717, 1.165) is 56.4 Å². The van der Waals surface area contributed by atoms with Crippen molar-refractivity contribution in [2.24, 2.45) is 0 Å². The highest BCUT2D eigenvalue weighted by atomic mass is 32.2. The van der Waals surface area contributed by atoms with Crippen LogP contribution >= 0.6 is 0 Å². The highest BCUT2D eigenvalue weighted by Crippen LogP contribution is 2.26. The van der Waals surface area contributed by atoms with E-state index >= 15 is 0 Å². The Morgan fingerprint density at radius 1 is 0.929 bits per heavy atom. The largest absolute Gasteiger partial charge is 0.445 e. The number of hydrogen-bond acceptors (Lipinski definition) is 5. The molecule has 0 aliphatic carbocycles. The van der Waals surface area contributed by atoms with Crippen molar-refractivity contribution in [1.29, 1.82) is 0 Å². The van der Waals surface area contributed by atoms with Gasteiger partial charge in [-0.05, 0) is 68.3 Å². The van der Waals surface area contributed by atoms with E-state index in [1.54, 1.807) is 31.3 Å². The lowest BCUT2D eigenvalue weighted by atomic mass is 9.94. The second-order valence-corrected chi connectivity index (χ2v) is 13.3. The third-order valence-electron chi connectivity index (χ3n) is 8.43. The zero-order chi connectivity index (χ0) is 30.0. The Balaban J connectivity index is 1.35. The van der Waals surface area contributed by atoms with Gasteiger partial charge >= 0.3 is 6.09 Å². The van der Waals surface area contributed by atoms with Gasteiger partial charge < -0.3 is 14.5 Å². The second kappa shape index (κ2) is 15.3. The standard InChI is InChI=1S/C34H45N3O4S/c1-4-28(2)37(34(38)41-27-29-14-8-5-9-15-29)32-21-24-36(25-22-32)23-20-31(30-16-10-6-11-17-30)26-35(3)42(39,40)33-18-12-7-13-19-33/h5-19,28,31-32H,4,20-27H2,1-3H3. The number of rotatable bonds is 13. The van der Waals surface area contributed by atoms with E-state index in [4.69, 9.17) is 4.74 Å². The fourth-order valence-corrected chi connectivity index (χ4v) is 6.95. The molecule has 1 aliphatic rings. The van der Waals surface area contributed by atoms with Gasteiger partial charge in [0.25, 0.3) is 0 Å². The molecular weight excluding hydrogens is 546 g/mol. The summed E-state index contributed by atoms with van der Waals surface area (Å²) < 4.78 is 33.7. The molecule has 3 aromatic carbocycles. The molecule has 2 atom stereocenters. The molecule has 0 saturated carbocycles. The summed E-state index contributed by atoms with van der Waals surface area (Å²) in [5, 5.41) is 0. The van der Waals surface area contributed by atoms with Gasteiger partial charge in [-0.3, -0.25) is 0 Å². The topological polar surface area (TPSA) is 70.2 Å². The molecule has 1 fully saturated rings. The van der Waals surface area contributed by atoms with Gasteiger partial charge in [-0.15, -0.1) is 0 Å². The molecule has 1 aliphatic heterocycles. The first-order valence-corrected chi connectivity index (χ1v) is 16.5. The maximum absolute atomic E-state index is 13.2. The predicted octanol–water partition coefficient (Wildman–Crippen LogP) is 6.38. The quantitative estimate of drug-likeness (QED) is 0.231. The van der Waals surface area contributed by atoms with Crippen LogP contribution in [0, 0.1) is 0 Å². The number of amides is 1. The third kappa shape index (κ3) is 8.43. The van der Waals surface area contributed by atoms with Crippen molar-refractivity contribution < 1.29 is 17.9 Å². The summed E-state index contributed by atoms with van der Waals surface area (Å²) in [5.41, 5.74) is 2.13. The number of likely N-dealkylation sites (tertiary alicyclic amines) is 1. The van der Waals surface area contributed by atoms with Crippen molar-refractivity contribution in [3.05, 3.63) is 102 Å². The number of nitrogens with zero attached hydrogens (tertiary/aromatic N) is 3. The lowest BCUT2D eigenvalue weighted by molar-refractivity contribution is 0.0425. The van der Waals surface area contributed by atoms with Gasteiger partial charge in [0.2, 0.25) is 10.0 Å². The van der Waals surface area contributed by atoms with Crippen molar-refractivity contribution in [3.8, 4) is 0 Å². The van der Waals surface area contributed by atoms with Crippen LogP contribution in [0.15, 0.2) is 95.9 Å². The van der Waals surface area contributed by atoms with Crippen LogP contribution in [0.3, 0.4) is 0 Å². The zero-order valence-corrected chi connectivity index (χ0v) is 26.0. The van der Waals surface area contributed by atoms with Crippen molar-refractivity contribution in [2.45, 2.75) is 69.0 Å². The summed E-state index contributed by atoms with van der Waals surface area (Å²) in [5.74, 6) is 0.0667. The van der Waals surface area contributed by atoms with Crippen LogP contribution in [-0.4, -0.2) is 73.9 Å². The van der Waals surface area contributed by atoms with E-state index in [0.29, 0.717) is 11.4 Å². The molecule has 2 unspecified atom stereocenters. The number of carbonyl (C=O) groups excluding carboxylic acids is 1. The van der Waals surface area contributed by atoms with Gasteiger partial charge in [-0.2, -0.15) is 0 Å². The van der Waals surface area contributed by atoms with Gasteiger partial charge in [0, 0.05) is 38.8 Å². The smallest absolute Gasteiger partial charge is 0.410 e. The lowest BCUT2D eigenvalue weighted by Crippen LogP contribution is -2.51. The van der Waals surface area contributed by atoms with Gasteiger partial charge in [-0.1, -0.05) is 85.8 Å². The Hall–Kier alpha value is -3.20. The Labute approximate surface area is 252 Å². The monoisotopic (exact) mass is 591 g/mol. The fraction of sp³-hybridized carbons (Fsp3) is 0.441. The summed E-state index contributed by atoms with van der Waals surface area (Å²) in [4.78, 5) is 17.9. The van der Waals surface area contributed by atoms with Crippen LogP contribution in [0.4, 0.5) is 4.79 Å².